The molecule has 2 aliphatic heterocycles. The van der Waals surface area contributed by atoms with E-state index in [-0.39, 0.29) is 29.9 Å². The van der Waals surface area contributed by atoms with Gasteiger partial charge in [0, 0.05) is 10.8 Å². The number of hydrogen-bond acceptors (Lipinski definition) is 9. The zero-order valence-corrected chi connectivity index (χ0v) is 21.1. The first kappa shape index (κ1) is 23.6. The number of aromatic nitrogens is 1. The second kappa shape index (κ2) is 9.14. The van der Waals surface area contributed by atoms with E-state index >= 15 is 0 Å². The molecule has 3 heterocycles. The van der Waals surface area contributed by atoms with Gasteiger partial charge in [0.25, 0.3) is 0 Å². The van der Waals surface area contributed by atoms with Crippen molar-refractivity contribution in [3.05, 3.63) is 62.4 Å². The highest BCUT2D eigenvalue weighted by molar-refractivity contribution is 8.01. The van der Waals surface area contributed by atoms with E-state index in [9.17, 15) is 19.5 Å². The van der Waals surface area contributed by atoms with E-state index in [4.69, 9.17) is 21.7 Å². The predicted octanol–water partition coefficient (Wildman–Crippen LogP) is 4.49. The number of H-pyrrole nitrogens is 1. The molecule has 2 amide bonds. The number of benzene rings is 2. The summed E-state index contributed by atoms with van der Waals surface area (Å²) in [6.07, 6.45) is 0. The number of nitrogens with zero attached hydrogens (tertiary/aromatic N) is 1. The number of phenolic OH excluding ortho intramolecular Hbond substituents is 1. The number of hydrogen-bond donors (Lipinski definition) is 2. The van der Waals surface area contributed by atoms with Crippen molar-refractivity contribution < 1.29 is 29.0 Å². The largest absolute Gasteiger partial charge is 0.504 e. The van der Waals surface area contributed by atoms with Gasteiger partial charge in [-0.05, 0) is 61.1 Å². The molecule has 1 fully saturated rings. The number of thiazole rings is 1. The molecule has 0 aliphatic carbocycles. The van der Waals surface area contributed by atoms with Gasteiger partial charge in [0.2, 0.25) is 11.8 Å². The minimum absolute atomic E-state index is 0.0166. The number of carbonyl (C=O) groups excluding carboxylic acids is 3. The fourth-order valence-corrected chi connectivity index (χ4v) is 7.44. The van der Waals surface area contributed by atoms with Crippen molar-refractivity contribution in [3.8, 4) is 11.5 Å². The molecule has 3 unspecified atom stereocenters. The van der Waals surface area contributed by atoms with Crippen molar-refractivity contribution in [1.29, 1.82) is 0 Å². The zero-order chi connectivity index (χ0) is 24.9. The van der Waals surface area contributed by atoms with Gasteiger partial charge in [0.05, 0.1) is 35.9 Å². The molecule has 0 bridgehead atoms. The number of phenols is 1. The standard InChI is InChI=1S/C24H20N2O6S3/c1-3-32-23(30)11-4-7-13(8-5-11)26-21(28)17-16(12-6-9-14(27)15(10-12)31-2)18-20(25-24(33)35-18)34-19(17)22(26)29/h4-10,16-17,19,27H,3H2,1-2H3,(H,25,33). The predicted molar refractivity (Wildman–Crippen MR) is 134 cm³/mol. The molecule has 35 heavy (non-hydrogen) atoms. The van der Waals surface area contributed by atoms with E-state index in [1.54, 1.807) is 43.3 Å². The summed E-state index contributed by atoms with van der Waals surface area (Å²) in [5.41, 5.74) is 1.47. The molecule has 3 atom stereocenters. The van der Waals surface area contributed by atoms with Crippen LogP contribution in [-0.4, -0.2) is 46.8 Å². The van der Waals surface area contributed by atoms with E-state index in [2.05, 4.69) is 4.98 Å². The Kier molecular flexibility index (Phi) is 6.16. The molecule has 11 heteroatoms. The Labute approximate surface area is 213 Å². The van der Waals surface area contributed by atoms with Crippen LogP contribution >= 0.6 is 35.3 Å². The summed E-state index contributed by atoms with van der Waals surface area (Å²) < 4.78 is 10.9. The third kappa shape index (κ3) is 3.93. The van der Waals surface area contributed by atoms with Gasteiger partial charge in [0.1, 0.15) is 5.25 Å². The van der Waals surface area contributed by atoms with Crippen LogP contribution in [0.3, 0.4) is 0 Å². The van der Waals surface area contributed by atoms with Crippen molar-refractivity contribution in [1.82, 2.24) is 4.98 Å². The third-order valence-corrected chi connectivity index (χ3v) is 8.78. The fourth-order valence-electron chi connectivity index (χ4n) is 4.48. The lowest BCUT2D eigenvalue weighted by Gasteiger charge is -2.30. The van der Waals surface area contributed by atoms with Crippen LogP contribution < -0.4 is 9.64 Å². The van der Waals surface area contributed by atoms with Crippen molar-refractivity contribution in [2.75, 3.05) is 18.6 Å². The van der Waals surface area contributed by atoms with Gasteiger partial charge in [0.15, 0.2) is 15.5 Å². The molecule has 180 valence electrons. The van der Waals surface area contributed by atoms with Crippen LogP contribution in [0.15, 0.2) is 47.5 Å². The molecule has 0 spiro atoms. The van der Waals surface area contributed by atoms with Crippen LogP contribution in [0.5, 0.6) is 11.5 Å². The van der Waals surface area contributed by atoms with Gasteiger partial charge in [-0.3, -0.25) is 9.59 Å². The number of anilines is 1. The second-order valence-corrected chi connectivity index (χ2v) is 10.8. The Bertz CT molecular complexity index is 1400. The minimum atomic E-state index is -0.680. The molecule has 2 aliphatic rings. The lowest BCUT2D eigenvalue weighted by Crippen LogP contribution is -2.32. The number of aromatic hydroxyl groups is 1. The van der Waals surface area contributed by atoms with E-state index < -0.39 is 23.1 Å². The molecule has 3 aromatic rings. The molecule has 0 radical (unpaired) electrons. The normalized spacial score (nSPS) is 21.0. The molecule has 1 aromatic heterocycles. The summed E-state index contributed by atoms with van der Waals surface area (Å²) in [7, 11) is 1.45. The summed E-state index contributed by atoms with van der Waals surface area (Å²) in [5.74, 6) is -2.01. The summed E-state index contributed by atoms with van der Waals surface area (Å²) in [5, 5.41) is 10.2. The maximum atomic E-state index is 13.8. The lowest BCUT2D eigenvalue weighted by atomic mass is 9.83. The lowest BCUT2D eigenvalue weighted by molar-refractivity contribution is -0.122. The van der Waals surface area contributed by atoms with Crippen molar-refractivity contribution in [2.24, 2.45) is 5.92 Å². The number of ether oxygens (including phenoxy) is 2. The SMILES string of the molecule is CCOC(=O)c1ccc(N2C(=O)C3Sc4[nH]c(=S)sc4C(c4ccc(O)c(OC)c4)C3C2=O)cc1. The van der Waals surface area contributed by atoms with Gasteiger partial charge in [-0.25, -0.2) is 9.69 Å². The first-order valence-electron chi connectivity index (χ1n) is 10.8. The van der Waals surface area contributed by atoms with Crippen molar-refractivity contribution in [3.63, 3.8) is 0 Å². The molecule has 5 rings (SSSR count). The number of methoxy groups -OCH3 is 1. The molecule has 2 N–H and O–H groups in total. The van der Waals surface area contributed by atoms with Crippen LogP contribution in [0.4, 0.5) is 5.69 Å². The number of esters is 1. The Morgan fingerprint density at radius 2 is 1.91 bits per heavy atom. The van der Waals surface area contributed by atoms with Crippen LogP contribution in [0, 0.1) is 9.87 Å². The molecular formula is C24H20N2O6S3. The number of aromatic amines is 1. The Hall–Kier alpha value is -3.15. The first-order chi connectivity index (χ1) is 16.8. The summed E-state index contributed by atoms with van der Waals surface area (Å²) >= 11 is 8.04. The number of amides is 2. The number of rotatable bonds is 5. The molecule has 1 saturated heterocycles. The quantitative estimate of drug-likeness (QED) is 0.283. The van der Waals surface area contributed by atoms with Crippen LogP contribution in [0.25, 0.3) is 0 Å². The number of fused-ring (bicyclic) bond motifs is 2. The van der Waals surface area contributed by atoms with E-state index in [1.807, 2.05) is 0 Å². The first-order valence-corrected chi connectivity index (χ1v) is 12.9. The highest BCUT2D eigenvalue weighted by Crippen LogP contribution is 2.54. The van der Waals surface area contributed by atoms with E-state index in [1.165, 1.54) is 41.2 Å². The number of thioether (sulfide) groups is 1. The highest BCUT2D eigenvalue weighted by Gasteiger charge is 2.56. The second-order valence-electron chi connectivity index (χ2n) is 7.96. The Balaban J connectivity index is 1.56. The average molecular weight is 529 g/mol. The molecule has 2 aromatic carbocycles. The maximum absolute atomic E-state index is 13.8. The topological polar surface area (TPSA) is 109 Å². The molecular weight excluding hydrogens is 508 g/mol. The molecule has 8 nitrogen and oxygen atoms in total. The Morgan fingerprint density at radius 1 is 1.17 bits per heavy atom. The Morgan fingerprint density at radius 3 is 2.60 bits per heavy atom. The number of nitrogens with one attached hydrogen (secondary N) is 1. The van der Waals surface area contributed by atoms with Gasteiger partial charge >= 0.3 is 5.97 Å². The number of carbonyl (C=O) groups is 3. The average Bonchev–Trinajstić information content (AvgIpc) is 3.34. The minimum Gasteiger partial charge on any atom is -0.504 e. The molecule has 0 saturated carbocycles. The highest BCUT2D eigenvalue weighted by atomic mass is 32.2. The summed E-state index contributed by atoms with van der Waals surface area (Å²) in [6.45, 7) is 1.97. The van der Waals surface area contributed by atoms with Crippen LogP contribution in [-0.2, 0) is 14.3 Å². The van der Waals surface area contributed by atoms with Crippen molar-refractivity contribution >= 4 is 58.8 Å². The van der Waals surface area contributed by atoms with Gasteiger partial charge in [-0.15, -0.1) is 11.3 Å². The smallest absolute Gasteiger partial charge is 0.338 e. The van der Waals surface area contributed by atoms with E-state index in [0.29, 0.717) is 15.2 Å². The van der Waals surface area contributed by atoms with Crippen LogP contribution in [0.2, 0.25) is 0 Å². The van der Waals surface area contributed by atoms with E-state index in [0.717, 1.165) is 15.5 Å². The zero-order valence-electron chi connectivity index (χ0n) is 18.6. The van der Waals surface area contributed by atoms with Crippen LogP contribution in [0.1, 0.15) is 33.6 Å². The number of imide groups is 1. The summed E-state index contributed by atoms with van der Waals surface area (Å²) in [6, 6.07) is 11.2. The van der Waals surface area contributed by atoms with Gasteiger partial charge in [-0.2, -0.15) is 0 Å². The fraction of sp³-hybridized carbons (Fsp3) is 0.250. The van der Waals surface area contributed by atoms with Crippen molar-refractivity contribution in [2.45, 2.75) is 23.1 Å². The monoisotopic (exact) mass is 528 g/mol. The summed E-state index contributed by atoms with van der Waals surface area (Å²) in [4.78, 5) is 44.5. The van der Waals surface area contributed by atoms with Gasteiger partial charge in [-0.1, -0.05) is 17.8 Å². The third-order valence-electron chi connectivity index (χ3n) is 6.02. The maximum Gasteiger partial charge on any atom is 0.338 e. The van der Waals surface area contributed by atoms with Gasteiger partial charge < -0.3 is 19.6 Å².